The molecular weight excluding hydrogens is 414 g/mol. The van der Waals surface area contributed by atoms with Crippen LogP contribution in [-0.2, 0) is 11.3 Å². The zero-order valence-electron chi connectivity index (χ0n) is 16.3. The average molecular weight is 431 g/mol. The molecule has 0 saturated heterocycles. The van der Waals surface area contributed by atoms with Crippen LogP contribution in [-0.4, -0.2) is 31.8 Å². The lowest BCUT2D eigenvalue weighted by atomic mass is 10.0. The van der Waals surface area contributed by atoms with Crippen LogP contribution in [0.4, 0.5) is 17.6 Å². The number of alkyl halides is 3. The number of benzene rings is 1. The van der Waals surface area contributed by atoms with Crippen molar-refractivity contribution < 1.29 is 27.5 Å². The van der Waals surface area contributed by atoms with E-state index < -0.39 is 12.1 Å². The van der Waals surface area contributed by atoms with Crippen molar-refractivity contribution in [2.24, 2.45) is 0 Å². The van der Waals surface area contributed by atoms with Crippen LogP contribution < -0.4 is 0 Å². The highest BCUT2D eigenvalue weighted by atomic mass is 19.4. The quantitative estimate of drug-likeness (QED) is 0.451. The minimum absolute atomic E-state index is 0.187. The first kappa shape index (κ1) is 21.9. The van der Waals surface area contributed by atoms with Crippen molar-refractivity contribution in [2.75, 3.05) is 0 Å². The van der Waals surface area contributed by atoms with Gasteiger partial charge in [-0.2, -0.15) is 13.2 Å². The summed E-state index contributed by atoms with van der Waals surface area (Å²) in [6.45, 7) is 2.51. The van der Waals surface area contributed by atoms with Crippen molar-refractivity contribution in [3.63, 3.8) is 0 Å². The van der Waals surface area contributed by atoms with Crippen molar-refractivity contribution >= 4 is 17.0 Å². The van der Waals surface area contributed by atoms with E-state index in [2.05, 4.69) is 26.7 Å². The number of aliphatic carboxylic acids is 1. The van der Waals surface area contributed by atoms with Gasteiger partial charge in [-0.15, -0.1) is 0 Å². The van der Waals surface area contributed by atoms with Crippen molar-refractivity contribution in [1.82, 2.24) is 14.5 Å². The Balaban J connectivity index is 0.000000339. The van der Waals surface area contributed by atoms with E-state index in [1.165, 1.54) is 6.07 Å². The Morgan fingerprint density at radius 2 is 1.84 bits per heavy atom. The SMILES string of the molecule is Cc1cc(-c2cnc3ccn(Cc4cccnc4)c3c2)ccc1F.O=C(O)C(F)(F)F. The number of aryl methyl sites for hydroxylation is 1. The van der Waals surface area contributed by atoms with Gasteiger partial charge in [-0.1, -0.05) is 12.1 Å². The van der Waals surface area contributed by atoms with E-state index in [4.69, 9.17) is 9.90 Å². The number of halogens is 4. The summed E-state index contributed by atoms with van der Waals surface area (Å²) in [7, 11) is 0. The monoisotopic (exact) mass is 431 g/mol. The van der Waals surface area contributed by atoms with Gasteiger partial charge >= 0.3 is 12.1 Å². The molecule has 4 aromatic rings. The molecule has 0 bridgehead atoms. The summed E-state index contributed by atoms with van der Waals surface area (Å²) >= 11 is 0. The lowest BCUT2D eigenvalue weighted by Crippen LogP contribution is -2.21. The highest BCUT2D eigenvalue weighted by Gasteiger charge is 2.38. The third-order valence-corrected chi connectivity index (χ3v) is 4.43. The predicted molar refractivity (Wildman–Crippen MR) is 107 cm³/mol. The molecule has 3 heterocycles. The molecule has 0 aliphatic heterocycles. The molecule has 4 rings (SSSR count). The third kappa shape index (κ3) is 5.44. The summed E-state index contributed by atoms with van der Waals surface area (Å²) in [5, 5.41) is 7.12. The Bertz CT molecular complexity index is 1200. The van der Waals surface area contributed by atoms with Crippen LogP contribution in [0.3, 0.4) is 0 Å². The number of hydrogen-bond acceptors (Lipinski definition) is 3. The second-order valence-corrected chi connectivity index (χ2v) is 6.70. The van der Waals surface area contributed by atoms with E-state index in [9.17, 15) is 17.6 Å². The standard InChI is InChI=1S/C20H16FN3.C2HF3O2/c1-14-9-16(4-5-18(14)21)17-10-20-19(23-12-17)6-8-24(20)13-15-3-2-7-22-11-15;3-2(4,5)1(6)7/h2-12H,13H2,1H3;(H,6,7). The van der Waals surface area contributed by atoms with Crippen LogP contribution in [0.5, 0.6) is 0 Å². The number of carbonyl (C=O) groups is 1. The van der Waals surface area contributed by atoms with Gasteiger partial charge in [0, 0.05) is 36.9 Å². The first-order chi connectivity index (χ1) is 14.6. The average Bonchev–Trinajstić information content (AvgIpc) is 3.12. The molecule has 0 amide bonds. The Morgan fingerprint density at radius 1 is 1.10 bits per heavy atom. The fourth-order valence-electron chi connectivity index (χ4n) is 2.87. The number of pyridine rings is 2. The number of hydrogen-bond donors (Lipinski definition) is 1. The van der Waals surface area contributed by atoms with Crippen molar-refractivity contribution in [3.05, 3.63) is 84.2 Å². The molecule has 0 unspecified atom stereocenters. The predicted octanol–water partition coefficient (Wildman–Crippen LogP) is 5.23. The summed E-state index contributed by atoms with van der Waals surface area (Å²) in [4.78, 5) is 17.6. The Kier molecular flexibility index (Phi) is 6.33. The molecule has 0 radical (unpaired) electrons. The molecule has 0 spiro atoms. The lowest BCUT2D eigenvalue weighted by Gasteiger charge is -2.08. The number of carboxylic acids is 1. The van der Waals surface area contributed by atoms with Gasteiger partial charge in [-0.25, -0.2) is 9.18 Å². The molecular formula is C22H17F4N3O2. The molecule has 0 aliphatic rings. The molecule has 0 atom stereocenters. The molecule has 1 N–H and O–H groups in total. The summed E-state index contributed by atoms with van der Waals surface area (Å²) in [6, 6.07) is 13.2. The van der Waals surface area contributed by atoms with Gasteiger partial charge in [0.05, 0.1) is 11.0 Å². The van der Waals surface area contributed by atoms with Crippen LogP contribution in [0.15, 0.2) is 67.3 Å². The number of carboxylic acid groups (broad SMARTS) is 1. The van der Waals surface area contributed by atoms with Gasteiger partial charge in [-0.3, -0.25) is 9.97 Å². The van der Waals surface area contributed by atoms with Gasteiger partial charge in [-0.05, 0) is 53.9 Å². The fraction of sp³-hybridized carbons (Fsp3) is 0.136. The molecule has 9 heteroatoms. The summed E-state index contributed by atoms with van der Waals surface area (Å²) in [5.74, 6) is -2.94. The number of fused-ring (bicyclic) bond motifs is 1. The zero-order valence-corrected chi connectivity index (χ0v) is 16.3. The zero-order chi connectivity index (χ0) is 22.6. The van der Waals surface area contributed by atoms with Crippen molar-refractivity contribution in [3.8, 4) is 11.1 Å². The Hall–Kier alpha value is -3.75. The third-order valence-electron chi connectivity index (χ3n) is 4.43. The van der Waals surface area contributed by atoms with Gasteiger partial charge in [0.1, 0.15) is 5.82 Å². The van der Waals surface area contributed by atoms with E-state index >= 15 is 0 Å². The molecule has 1 aromatic carbocycles. The highest BCUT2D eigenvalue weighted by Crippen LogP contribution is 2.25. The second-order valence-electron chi connectivity index (χ2n) is 6.70. The van der Waals surface area contributed by atoms with Crippen LogP contribution in [0, 0.1) is 12.7 Å². The normalized spacial score (nSPS) is 11.1. The van der Waals surface area contributed by atoms with Gasteiger partial charge in [0.2, 0.25) is 0 Å². The molecule has 3 aromatic heterocycles. The fourth-order valence-corrected chi connectivity index (χ4v) is 2.87. The van der Waals surface area contributed by atoms with Gasteiger partial charge < -0.3 is 9.67 Å². The summed E-state index contributed by atoms with van der Waals surface area (Å²) in [6.07, 6.45) is 2.42. The molecule has 0 saturated carbocycles. The van der Waals surface area contributed by atoms with E-state index in [1.807, 2.05) is 36.8 Å². The highest BCUT2D eigenvalue weighted by molar-refractivity contribution is 5.81. The number of nitrogens with zero attached hydrogens (tertiary/aromatic N) is 3. The van der Waals surface area contributed by atoms with Crippen LogP contribution in [0.1, 0.15) is 11.1 Å². The van der Waals surface area contributed by atoms with Crippen LogP contribution in [0.2, 0.25) is 0 Å². The number of rotatable bonds is 3. The van der Waals surface area contributed by atoms with E-state index in [0.717, 1.165) is 34.3 Å². The summed E-state index contributed by atoms with van der Waals surface area (Å²) in [5.41, 5.74) is 5.73. The van der Waals surface area contributed by atoms with Gasteiger partial charge in [0.15, 0.2) is 0 Å². The number of aromatic nitrogens is 3. The summed E-state index contributed by atoms with van der Waals surface area (Å²) < 4.78 is 47.4. The smallest absolute Gasteiger partial charge is 0.475 e. The van der Waals surface area contributed by atoms with Crippen molar-refractivity contribution in [2.45, 2.75) is 19.6 Å². The minimum atomic E-state index is -5.08. The Labute approximate surface area is 174 Å². The van der Waals surface area contributed by atoms with Crippen LogP contribution in [0.25, 0.3) is 22.2 Å². The van der Waals surface area contributed by atoms with Crippen molar-refractivity contribution in [1.29, 1.82) is 0 Å². The van der Waals surface area contributed by atoms with E-state index in [1.54, 1.807) is 19.2 Å². The maximum Gasteiger partial charge on any atom is 0.490 e. The topological polar surface area (TPSA) is 68.0 Å². The second kappa shape index (κ2) is 8.95. The first-order valence-corrected chi connectivity index (χ1v) is 9.05. The molecule has 0 aliphatic carbocycles. The van der Waals surface area contributed by atoms with E-state index in [-0.39, 0.29) is 5.82 Å². The first-order valence-electron chi connectivity index (χ1n) is 9.05. The molecule has 31 heavy (non-hydrogen) atoms. The molecule has 5 nitrogen and oxygen atoms in total. The Morgan fingerprint density at radius 3 is 2.45 bits per heavy atom. The van der Waals surface area contributed by atoms with Crippen LogP contribution >= 0.6 is 0 Å². The van der Waals surface area contributed by atoms with E-state index in [0.29, 0.717) is 5.56 Å². The lowest BCUT2D eigenvalue weighted by molar-refractivity contribution is -0.192. The molecule has 0 fully saturated rings. The maximum atomic E-state index is 13.5. The largest absolute Gasteiger partial charge is 0.490 e. The molecule has 160 valence electrons. The minimum Gasteiger partial charge on any atom is -0.475 e. The van der Waals surface area contributed by atoms with Gasteiger partial charge in [0.25, 0.3) is 0 Å². The maximum absolute atomic E-state index is 13.5.